The molecule has 0 saturated heterocycles. The van der Waals surface area contributed by atoms with Crippen LogP contribution in [0.1, 0.15) is 5.56 Å². The maximum Gasteiger partial charge on any atom is 0.269 e. The summed E-state index contributed by atoms with van der Waals surface area (Å²) in [4.78, 5) is 15.4. The van der Waals surface area contributed by atoms with Gasteiger partial charge >= 0.3 is 0 Å². The zero-order valence-corrected chi connectivity index (χ0v) is 9.98. The number of nitro benzene ring substituents is 1. The number of benzene rings is 1. The summed E-state index contributed by atoms with van der Waals surface area (Å²) in [5.74, 6) is 0. The van der Waals surface area contributed by atoms with Gasteiger partial charge < -0.3 is 0 Å². The van der Waals surface area contributed by atoms with Crippen LogP contribution >= 0.6 is 11.8 Å². The number of non-ortho nitro benzene ring substituents is 1. The molecule has 0 radical (unpaired) electrons. The van der Waals surface area contributed by atoms with E-state index in [1.807, 2.05) is 25.1 Å². The monoisotopic (exact) mass is 246 g/mol. The lowest BCUT2D eigenvalue weighted by molar-refractivity contribution is -0.385. The normalized spacial score (nSPS) is 10.2. The predicted molar refractivity (Wildman–Crippen MR) is 66.2 cm³/mol. The van der Waals surface area contributed by atoms with Gasteiger partial charge in [-0.05, 0) is 30.7 Å². The van der Waals surface area contributed by atoms with E-state index in [2.05, 4.69) is 4.98 Å². The van der Waals surface area contributed by atoms with Crippen molar-refractivity contribution in [3.05, 3.63) is 58.3 Å². The first-order chi connectivity index (χ1) is 8.16. The van der Waals surface area contributed by atoms with E-state index >= 15 is 0 Å². The van der Waals surface area contributed by atoms with Gasteiger partial charge in [-0.1, -0.05) is 17.8 Å². The molecule has 2 rings (SSSR count). The van der Waals surface area contributed by atoms with Crippen molar-refractivity contribution in [2.75, 3.05) is 0 Å². The van der Waals surface area contributed by atoms with Gasteiger partial charge in [0.15, 0.2) is 0 Å². The average Bonchev–Trinajstić information content (AvgIpc) is 2.33. The van der Waals surface area contributed by atoms with E-state index in [-0.39, 0.29) is 10.6 Å². The fourth-order valence-corrected chi connectivity index (χ4v) is 2.22. The zero-order chi connectivity index (χ0) is 12.3. The molecule has 1 heterocycles. The lowest BCUT2D eigenvalue weighted by Gasteiger charge is -2.04. The van der Waals surface area contributed by atoms with Crippen LogP contribution in [0.5, 0.6) is 0 Å². The van der Waals surface area contributed by atoms with E-state index in [1.54, 1.807) is 18.3 Å². The highest BCUT2D eigenvalue weighted by Gasteiger charge is 2.09. The van der Waals surface area contributed by atoms with Crippen molar-refractivity contribution in [3.8, 4) is 0 Å². The minimum absolute atomic E-state index is 0.118. The fraction of sp³-hybridized carbons (Fsp3) is 0.0833. The van der Waals surface area contributed by atoms with Crippen molar-refractivity contribution in [3.63, 3.8) is 0 Å². The lowest BCUT2D eigenvalue weighted by atomic mass is 10.2. The fourth-order valence-electron chi connectivity index (χ4n) is 1.38. The number of hydrogen-bond donors (Lipinski definition) is 0. The minimum Gasteiger partial charge on any atom is -0.258 e. The highest BCUT2D eigenvalue weighted by Crippen LogP contribution is 2.30. The van der Waals surface area contributed by atoms with Gasteiger partial charge in [-0.3, -0.25) is 10.1 Å². The molecule has 0 amide bonds. The van der Waals surface area contributed by atoms with Gasteiger partial charge in [0.25, 0.3) is 5.69 Å². The summed E-state index contributed by atoms with van der Waals surface area (Å²) >= 11 is 1.50. The number of hydrogen-bond acceptors (Lipinski definition) is 4. The molecule has 0 aliphatic carbocycles. The number of nitrogens with zero attached hydrogens (tertiary/aromatic N) is 2. The molecule has 0 fully saturated rings. The quantitative estimate of drug-likeness (QED) is 0.614. The molecule has 5 heteroatoms. The average molecular weight is 246 g/mol. The van der Waals surface area contributed by atoms with E-state index in [0.717, 1.165) is 15.5 Å². The summed E-state index contributed by atoms with van der Waals surface area (Å²) in [5, 5.41) is 11.5. The van der Waals surface area contributed by atoms with Crippen LogP contribution < -0.4 is 0 Å². The van der Waals surface area contributed by atoms with Crippen LogP contribution in [0.25, 0.3) is 0 Å². The maximum absolute atomic E-state index is 10.6. The third-order valence-electron chi connectivity index (χ3n) is 2.22. The molecular formula is C12H10N2O2S. The molecule has 0 spiro atoms. The number of rotatable bonds is 3. The molecule has 0 N–H and O–H groups in total. The molecule has 0 unspecified atom stereocenters. The minimum atomic E-state index is -0.387. The Morgan fingerprint density at radius 2 is 2.12 bits per heavy atom. The van der Waals surface area contributed by atoms with Crippen molar-refractivity contribution >= 4 is 17.4 Å². The third kappa shape index (κ3) is 2.82. The Kier molecular flexibility index (Phi) is 3.39. The van der Waals surface area contributed by atoms with Gasteiger partial charge in [0, 0.05) is 23.2 Å². The van der Waals surface area contributed by atoms with Gasteiger partial charge in [0.05, 0.1) is 4.92 Å². The molecule has 0 aliphatic heterocycles. The highest BCUT2D eigenvalue weighted by atomic mass is 32.2. The van der Waals surface area contributed by atoms with Crippen LogP contribution in [0.4, 0.5) is 5.69 Å². The van der Waals surface area contributed by atoms with Gasteiger partial charge in [0.1, 0.15) is 5.03 Å². The molecule has 0 saturated carbocycles. The molecule has 86 valence electrons. The molecule has 0 aliphatic rings. The smallest absolute Gasteiger partial charge is 0.258 e. The molecule has 0 bridgehead atoms. The van der Waals surface area contributed by atoms with Crippen molar-refractivity contribution in [1.82, 2.24) is 4.98 Å². The van der Waals surface area contributed by atoms with E-state index in [4.69, 9.17) is 0 Å². The molecular weight excluding hydrogens is 236 g/mol. The van der Waals surface area contributed by atoms with Crippen LogP contribution in [0.2, 0.25) is 0 Å². The third-order valence-corrected chi connectivity index (χ3v) is 3.35. The molecule has 17 heavy (non-hydrogen) atoms. The molecule has 4 nitrogen and oxygen atoms in total. The molecule has 1 aromatic heterocycles. The van der Waals surface area contributed by atoms with Gasteiger partial charge in [-0.2, -0.15) is 0 Å². The SMILES string of the molecule is Cc1cc([N+](=O)[O-])ccc1Sc1ccccn1. The van der Waals surface area contributed by atoms with Gasteiger partial charge in [-0.25, -0.2) is 4.98 Å². The Morgan fingerprint density at radius 1 is 1.29 bits per heavy atom. The van der Waals surface area contributed by atoms with E-state index in [1.165, 1.54) is 17.8 Å². The number of nitro groups is 1. The second-order valence-electron chi connectivity index (χ2n) is 3.48. The Morgan fingerprint density at radius 3 is 2.71 bits per heavy atom. The first-order valence-electron chi connectivity index (χ1n) is 5.01. The number of pyridine rings is 1. The first-order valence-corrected chi connectivity index (χ1v) is 5.82. The Balaban J connectivity index is 2.26. The summed E-state index contributed by atoms with van der Waals surface area (Å²) in [5.41, 5.74) is 1.00. The molecule has 1 aromatic carbocycles. The van der Waals surface area contributed by atoms with E-state index < -0.39 is 0 Å². The summed E-state index contributed by atoms with van der Waals surface area (Å²) in [6, 6.07) is 10.5. The van der Waals surface area contributed by atoms with Crippen molar-refractivity contribution in [2.24, 2.45) is 0 Å². The van der Waals surface area contributed by atoms with E-state index in [9.17, 15) is 10.1 Å². The van der Waals surface area contributed by atoms with Crippen LogP contribution in [0, 0.1) is 17.0 Å². The first kappa shape index (κ1) is 11.6. The summed E-state index contributed by atoms with van der Waals surface area (Å²) < 4.78 is 0. The van der Waals surface area contributed by atoms with Crippen LogP contribution in [-0.2, 0) is 0 Å². The summed E-state index contributed by atoms with van der Waals surface area (Å²) in [6.07, 6.45) is 1.73. The second-order valence-corrected chi connectivity index (χ2v) is 4.54. The van der Waals surface area contributed by atoms with Crippen LogP contribution in [0.15, 0.2) is 52.5 Å². The van der Waals surface area contributed by atoms with Crippen LogP contribution in [-0.4, -0.2) is 9.91 Å². The summed E-state index contributed by atoms with van der Waals surface area (Å²) in [7, 11) is 0. The van der Waals surface area contributed by atoms with Gasteiger partial charge in [-0.15, -0.1) is 0 Å². The van der Waals surface area contributed by atoms with Gasteiger partial charge in [0.2, 0.25) is 0 Å². The standard InChI is InChI=1S/C12H10N2O2S/c1-9-8-10(14(15)16)5-6-11(9)17-12-4-2-3-7-13-12/h2-8H,1H3. The van der Waals surface area contributed by atoms with Crippen molar-refractivity contribution in [2.45, 2.75) is 16.8 Å². The number of aromatic nitrogens is 1. The van der Waals surface area contributed by atoms with E-state index in [0.29, 0.717) is 0 Å². The second kappa shape index (κ2) is 4.97. The summed E-state index contributed by atoms with van der Waals surface area (Å²) in [6.45, 7) is 1.86. The van der Waals surface area contributed by atoms with Crippen molar-refractivity contribution < 1.29 is 4.92 Å². The Labute approximate surface area is 103 Å². The number of aryl methyl sites for hydroxylation is 1. The predicted octanol–water partition coefficient (Wildman–Crippen LogP) is 3.45. The van der Waals surface area contributed by atoms with Crippen molar-refractivity contribution in [1.29, 1.82) is 0 Å². The molecule has 2 aromatic rings. The zero-order valence-electron chi connectivity index (χ0n) is 9.16. The Bertz CT molecular complexity index is 543. The lowest BCUT2D eigenvalue weighted by Crippen LogP contribution is -1.89. The maximum atomic E-state index is 10.6. The van der Waals surface area contributed by atoms with Crippen LogP contribution in [0.3, 0.4) is 0 Å². The highest BCUT2D eigenvalue weighted by molar-refractivity contribution is 7.99. The largest absolute Gasteiger partial charge is 0.269 e. The Hall–Kier alpha value is -1.88. The topological polar surface area (TPSA) is 56.0 Å². The molecule has 0 atom stereocenters.